The highest BCUT2D eigenvalue weighted by Gasteiger charge is 2.21. The highest BCUT2D eigenvalue weighted by molar-refractivity contribution is 7.15. The van der Waals surface area contributed by atoms with Gasteiger partial charge < -0.3 is 5.32 Å². The summed E-state index contributed by atoms with van der Waals surface area (Å²) in [5.41, 5.74) is 2.39. The Bertz CT molecular complexity index is 554. The second kappa shape index (κ2) is 5.43. The fourth-order valence-corrected chi connectivity index (χ4v) is 3.17. The van der Waals surface area contributed by atoms with Crippen molar-refractivity contribution < 1.29 is 0 Å². The Morgan fingerprint density at radius 3 is 2.95 bits per heavy atom. The zero-order valence-electron chi connectivity index (χ0n) is 11.5. The van der Waals surface area contributed by atoms with Crippen molar-refractivity contribution in [1.82, 2.24) is 20.1 Å². The van der Waals surface area contributed by atoms with Crippen molar-refractivity contribution >= 4 is 11.3 Å². The molecule has 2 aromatic heterocycles. The van der Waals surface area contributed by atoms with Crippen LogP contribution in [0.1, 0.15) is 36.8 Å². The summed E-state index contributed by atoms with van der Waals surface area (Å²) < 4.78 is 1.83. The first-order chi connectivity index (χ1) is 9.26. The summed E-state index contributed by atoms with van der Waals surface area (Å²) in [4.78, 5) is 6.20. The predicted octanol–water partition coefficient (Wildman–Crippen LogP) is 2.75. The molecule has 0 atom stereocenters. The van der Waals surface area contributed by atoms with Gasteiger partial charge in [-0.3, -0.25) is 4.68 Å². The number of nitrogens with zero attached hydrogens (tertiary/aromatic N) is 3. The molecule has 19 heavy (non-hydrogen) atoms. The Morgan fingerprint density at radius 1 is 1.47 bits per heavy atom. The third-order valence-corrected chi connectivity index (χ3v) is 4.49. The molecule has 0 spiro atoms. The Morgan fingerprint density at radius 2 is 2.32 bits per heavy atom. The molecular weight excluding hydrogens is 256 g/mol. The molecular formula is C14H20N4S. The minimum atomic E-state index is 0.749. The molecule has 5 heteroatoms. The maximum atomic E-state index is 4.81. The van der Waals surface area contributed by atoms with Crippen molar-refractivity contribution in [3.63, 3.8) is 0 Å². The first-order valence-corrected chi connectivity index (χ1v) is 7.79. The lowest BCUT2D eigenvalue weighted by atomic mass is 10.2. The van der Waals surface area contributed by atoms with Crippen LogP contribution in [0.15, 0.2) is 12.4 Å². The van der Waals surface area contributed by atoms with Crippen LogP contribution in [0.3, 0.4) is 0 Å². The fourth-order valence-electron chi connectivity index (χ4n) is 2.13. The zero-order chi connectivity index (χ0) is 13.2. The molecule has 3 rings (SSSR count). The predicted molar refractivity (Wildman–Crippen MR) is 78.2 cm³/mol. The van der Waals surface area contributed by atoms with Crippen molar-refractivity contribution in [2.75, 3.05) is 0 Å². The summed E-state index contributed by atoms with van der Waals surface area (Å²) in [6.07, 6.45) is 8.80. The maximum absolute atomic E-state index is 4.81. The highest BCUT2D eigenvalue weighted by Crippen LogP contribution is 2.29. The summed E-state index contributed by atoms with van der Waals surface area (Å²) in [5, 5.41) is 8.92. The van der Waals surface area contributed by atoms with Crippen molar-refractivity contribution in [1.29, 1.82) is 0 Å². The van der Waals surface area contributed by atoms with E-state index in [4.69, 9.17) is 4.98 Å². The van der Waals surface area contributed by atoms with Crippen LogP contribution in [0.2, 0.25) is 0 Å². The van der Waals surface area contributed by atoms with Gasteiger partial charge in [-0.25, -0.2) is 4.98 Å². The average molecular weight is 276 g/mol. The molecule has 102 valence electrons. The summed E-state index contributed by atoms with van der Waals surface area (Å²) in [7, 11) is 1.94. The van der Waals surface area contributed by atoms with Crippen molar-refractivity contribution in [3.8, 4) is 10.6 Å². The molecule has 1 N–H and O–H groups in total. The van der Waals surface area contributed by atoms with E-state index < -0.39 is 0 Å². The van der Waals surface area contributed by atoms with Gasteiger partial charge in [0.1, 0.15) is 5.01 Å². The molecule has 0 bridgehead atoms. The van der Waals surface area contributed by atoms with Crippen molar-refractivity contribution in [2.45, 2.75) is 45.2 Å². The minimum Gasteiger partial charge on any atom is -0.309 e. The Kier molecular flexibility index (Phi) is 3.66. The Hall–Kier alpha value is -1.20. The maximum Gasteiger partial charge on any atom is 0.127 e. The molecule has 0 aliphatic heterocycles. The molecule has 1 aliphatic rings. The summed E-state index contributed by atoms with van der Waals surface area (Å²) >= 11 is 1.81. The van der Waals surface area contributed by atoms with Gasteiger partial charge in [-0.15, -0.1) is 11.3 Å². The molecule has 0 unspecified atom stereocenters. The van der Waals surface area contributed by atoms with Crippen LogP contribution in [0.25, 0.3) is 10.6 Å². The normalized spacial score (nSPS) is 15.1. The van der Waals surface area contributed by atoms with Crippen molar-refractivity contribution in [3.05, 3.63) is 23.0 Å². The lowest BCUT2D eigenvalue weighted by molar-refractivity contribution is 0.686. The largest absolute Gasteiger partial charge is 0.309 e. The van der Waals surface area contributed by atoms with Crippen LogP contribution in [0.4, 0.5) is 0 Å². The topological polar surface area (TPSA) is 42.7 Å². The van der Waals surface area contributed by atoms with Crippen LogP contribution in [0, 0.1) is 0 Å². The monoisotopic (exact) mass is 276 g/mol. The van der Waals surface area contributed by atoms with E-state index in [0.717, 1.165) is 36.0 Å². The van der Waals surface area contributed by atoms with Gasteiger partial charge >= 0.3 is 0 Å². The molecule has 1 saturated carbocycles. The summed E-state index contributed by atoms with van der Waals surface area (Å²) in [6.45, 7) is 3.18. The minimum absolute atomic E-state index is 0.749. The Balaban J connectivity index is 1.81. The van der Waals surface area contributed by atoms with E-state index in [-0.39, 0.29) is 0 Å². The molecule has 1 fully saturated rings. The van der Waals surface area contributed by atoms with Gasteiger partial charge in [-0.1, -0.05) is 13.3 Å². The third kappa shape index (κ3) is 3.04. The molecule has 0 amide bonds. The second-order valence-corrected chi connectivity index (χ2v) is 6.28. The smallest absolute Gasteiger partial charge is 0.127 e. The molecule has 1 aliphatic carbocycles. The molecule has 2 heterocycles. The molecule has 2 aromatic rings. The summed E-state index contributed by atoms with van der Waals surface area (Å²) in [5.74, 6) is 0. The van der Waals surface area contributed by atoms with E-state index in [1.165, 1.54) is 23.4 Å². The van der Waals surface area contributed by atoms with E-state index in [1.54, 1.807) is 0 Å². The Labute approximate surface area is 117 Å². The number of hydrogen-bond donors (Lipinski definition) is 1. The number of aryl methyl sites for hydroxylation is 2. The lowest BCUT2D eigenvalue weighted by Crippen LogP contribution is -2.15. The van der Waals surface area contributed by atoms with E-state index in [0.29, 0.717) is 0 Å². The van der Waals surface area contributed by atoms with Crippen LogP contribution in [-0.4, -0.2) is 20.8 Å². The van der Waals surface area contributed by atoms with Gasteiger partial charge in [0.15, 0.2) is 0 Å². The number of thiazole rings is 1. The van der Waals surface area contributed by atoms with Crippen LogP contribution >= 0.6 is 11.3 Å². The molecule has 4 nitrogen and oxygen atoms in total. The SMILES string of the molecule is CCCc1nc(-c2cnn(C)c2)sc1CNC1CC1. The third-order valence-electron chi connectivity index (χ3n) is 3.35. The van der Waals surface area contributed by atoms with Crippen LogP contribution in [-0.2, 0) is 20.0 Å². The zero-order valence-corrected chi connectivity index (χ0v) is 12.3. The van der Waals surface area contributed by atoms with E-state index in [9.17, 15) is 0 Å². The van der Waals surface area contributed by atoms with Gasteiger partial charge in [0.2, 0.25) is 0 Å². The fraction of sp³-hybridized carbons (Fsp3) is 0.571. The quantitative estimate of drug-likeness (QED) is 0.882. The van der Waals surface area contributed by atoms with Gasteiger partial charge in [-0.2, -0.15) is 5.10 Å². The van der Waals surface area contributed by atoms with Crippen LogP contribution < -0.4 is 5.32 Å². The highest BCUT2D eigenvalue weighted by atomic mass is 32.1. The van der Waals surface area contributed by atoms with Crippen molar-refractivity contribution in [2.24, 2.45) is 7.05 Å². The number of rotatable bonds is 6. The van der Waals surface area contributed by atoms with E-state index >= 15 is 0 Å². The van der Waals surface area contributed by atoms with Gasteiger partial charge in [0, 0.05) is 36.3 Å². The first kappa shape index (κ1) is 12.8. The lowest BCUT2D eigenvalue weighted by Gasteiger charge is -2.01. The molecule has 0 radical (unpaired) electrons. The summed E-state index contributed by atoms with van der Waals surface area (Å²) in [6, 6.07) is 0.749. The standard InChI is InChI=1S/C14H20N4S/c1-3-4-12-13(8-15-11-5-6-11)19-14(17-12)10-7-16-18(2)9-10/h7,9,11,15H,3-6,8H2,1-2H3. The number of hydrogen-bond acceptors (Lipinski definition) is 4. The van der Waals surface area contributed by atoms with E-state index in [1.807, 2.05) is 35.5 Å². The van der Waals surface area contributed by atoms with Crippen LogP contribution in [0.5, 0.6) is 0 Å². The van der Waals surface area contributed by atoms with Gasteiger partial charge in [-0.05, 0) is 19.3 Å². The first-order valence-electron chi connectivity index (χ1n) is 6.97. The number of nitrogens with one attached hydrogen (secondary N) is 1. The molecule has 0 aromatic carbocycles. The van der Waals surface area contributed by atoms with E-state index in [2.05, 4.69) is 17.3 Å². The van der Waals surface area contributed by atoms with Gasteiger partial charge in [0.05, 0.1) is 11.9 Å². The number of aromatic nitrogens is 3. The van der Waals surface area contributed by atoms with Gasteiger partial charge in [0.25, 0.3) is 0 Å². The average Bonchev–Trinajstić information content (AvgIpc) is 2.99. The molecule has 0 saturated heterocycles. The second-order valence-electron chi connectivity index (χ2n) is 5.20.